The Morgan fingerprint density at radius 1 is 1.30 bits per heavy atom. The Bertz CT molecular complexity index is 1090. The fourth-order valence-corrected chi connectivity index (χ4v) is 5.27. The van der Waals surface area contributed by atoms with Crippen molar-refractivity contribution in [2.24, 2.45) is 5.92 Å². The summed E-state index contributed by atoms with van der Waals surface area (Å²) in [4.78, 5) is 25.8. The Morgan fingerprint density at radius 2 is 2.06 bits per heavy atom. The molecule has 1 unspecified atom stereocenters. The van der Waals surface area contributed by atoms with Gasteiger partial charge in [0.15, 0.2) is 5.03 Å². The fourth-order valence-electron chi connectivity index (χ4n) is 4.34. The number of methoxy groups -OCH3 is 1. The lowest BCUT2D eigenvalue weighted by atomic mass is 9.97. The first-order valence-corrected chi connectivity index (χ1v) is 12.6. The van der Waals surface area contributed by atoms with Gasteiger partial charge in [0.05, 0.1) is 12.2 Å². The van der Waals surface area contributed by atoms with Gasteiger partial charge < -0.3 is 14.5 Å². The van der Waals surface area contributed by atoms with Crippen molar-refractivity contribution in [1.82, 2.24) is 14.7 Å². The summed E-state index contributed by atoms with van der Waals surface area (Å²) in [6.07, 6.45) is 2.57. The summed E-state index contributed by atoms with van der Waals surface area (Å²) in [5.41, 5.74) is 0.0262. The van der Waals surface area contributed by atoms with E-state index < -0.39 is 15.9 Å². The first-order valence-electron chi connectivity index (χ1n) is 11.1. The zero-order valence-electron chi connectivity index (χ0n) is 19.9. The highest BCUT2D eigenvalue weighted by atomic mass is 32.2. The minimum atomic E-state index is -4.19. The molecule has 0 spiro atoms. The standard InChI is InChI=1S/C23H33N5O4S/c1-6-27(13-14-32-5)19-10-7-11-20(25-19)33(30,31)26-22(29)18-9-8-12-24-21(18)28-16-17(2)15-23(28,3)4/h7-12,17H,6,13-16H2,1-5H3,(H,26,29). The van der Waals surface area contributed by atoms with E-state index in [-0.39, 0.29) is 16.1 Å². The number of sulfonamides is 1. The lowest BCUT2D eigenvalue weighted by Crippen LogP contribution is -2.41. The summed E-state index contributed by atoms with van der Waals surface area (Å²) in [5, 5.41) is -0.218. The molecule has 0 radical (unpaired) electrons. The van der Waals surface area contributed by atoms with Crippen molar-refractivity contribution in [2.75, 3.05) is 43.2 Å². The van der Waals surface area contributed by atoms with Gasteiger partial charge in [-0.1, -0.05) is 13.0 Å². The molecule has 0 bridgehead atoms. The molecule has 1 aliphatic heterocycles. The predicted octanol–water partition coefficient (Wildman–Crippen LogP) is 2.69. The quantitative estimate of drug-likeness (QED) is 0.590. The maximum atomic E-state index is 13.1. The van der Waals surface area contributed by atoms with E-state index in [1.165, 1.54) is 6.07 Å². The van der Waals surface area contributed by atoms with Gasteiger partial charge in [-0.25, -0.2) is 14.7 Å². The van der Waals surface area contributed by atoms with Crippen LogP contribution in [0.5, 0.6) is 0 Å². The number of pyridine rings is 2. The minimum absolute atomic E-state index is 0.191. The summed E-state index contributed by atoms with van der Waals surface area (Å²) >= 11 is 0. The van der Waals surface area contributed by atoms with Crippen molar-refractivity contribution in [3.8, 4) is 0 Å². The van der Waals surface area contributed by atoms with Crippen molar-refractivity contribution in [3.63, 3.8) is 0 Å². The third-order valence-corrected chi connectivity index (χ3v) is 7.07. The van der Waals surface area contributed by atoms with Gasteiger partial charge in [-0.2, -0.15) is 8.42 Å². The summed E-state index contributed by atoms with van der Waals surface area (Å²) in [6.45, 7) is 10.7. The SMILES string of the molecule is CCN(CCOC)c1cccc(S(=O)(=O)NC(=O)c2cccnc2N2CC(C)CC2(C)C)n1. The molecular weight excluding hydrogens is 442 g/mol. The second-order valence-corrected chi connectivity index (χ2v) is 10.6. The van der Waals surface area contributed by atoms with Crippen LogP contribution in [0.2, 0.25) is 0 Å². The number of ether oxygens (including phenoxy) is 1. The van der Waals surface area contributed by atoms with Gasteiger partial charge in [-0.15, -0.1) is 0 Å². The molecule has 2 aromatic heterocycles. The molecule has 0 saturated carbocycles. The van der Waals surface area contributed by atoms with Crippen LogP contribution in [0, 0.1) is 5.92 Å². The molecule has 3 rings (SSSR count). The number of carbonyl (C=O) groups excluding carboxylic acids is 1. The first-order chi connectivity index (χ1) is 15.6. The van der Waals surface area contributed by atoms with E-state index in [2.05, 4.69) is 40.4 Å². The maximum absolute atomic E-state index is 13.1. The molecule has 0 aromatic carbocycles. The normalized spacial score (nSPS) is 17.7. The molecule has 180 valence electrons. The summed E-state index contributed by atoms with van der Waals surface area (Å²) in [7, 11) is -2.58. The first kappa shape index (κ1) is 24.9. The third-order valence-electron chi connectivity index (χ3n) is 5.84. The largest absolute Gasteiger partial charge is 0.383 e. The van der Waals surface area contributed by atoms with E-state index in [4.69, 9.17) is 4.74 Å². The van der Waals surface area contributed by atoms with E-state index in [9.17, 15) is 13.2 Å². The van der Waals surface area contributed by atoms with Crippen LogP contribution in [0.3, 0.4) is 0 Å². The van der Waals surface area contributed by atoms with Crippen molar-refractivity contribution in [1.29, 1.82) is 0 Å². The van der Waals surface area contributed by atoms with Crippen LogP contribution in [0.15, 0.2) is 41.6 Å². The Balaban J connectivity index is 1.86. The summed E-state index contributed by atoms with van der Waals surface area (Å²) in [6, 6.07) is 7.94. The molecular formula is C23H33N5O4S. The predicted molar refractivity (Wildman–Crippen MR) is 128 cm³/mol. The smallest absolute Gasteiger partial charge is 0.281 e. The van der Waals surface area contributed by atoms with Gasteiger partial charge in [0.25, 0.3) is 15.9 Å². The van der Waals surface area contributed by atoms with Gasteiger partial charge in [0.2, 0.25) is 0 Å². The lowest BCUT2D eigenvalue weighted by molar-refractivity contribution is 0.0981. The summed E-state index contributed by atoms with van der Waals surface area (Å²) < 4.78 is 33.4. The number of amides is 1. The number of carbonyl (C=O) groups is 1. The van der Waals surface area contributed by atoms with E-state index in [1.54, 1.807) is 37.6 Å². The number of hydrogen-bond donors (Lipinski definition) is 1. The van der Waals surface area contributed by atoms with Crippen LogP contribution in [0.4, 0.5) is 11.6 Å². The van der Waals surface area contributed by atoms with Gasteiger partial charge >= 0.3 is 0 Å². The Morgan fingerprint density at radius 3 is 2.70 bits per heavy atom. The van der Waals surface area contributed by atoms with Crippen LogP contribution in [0.1, 0.15) is 44.5 Å². The van der Waals surface area contributed by atoms with E-state index in [0.717, 1.165) is 13.0 Å². The average Bonchev–Trinajstić information content (AvgIpc) is 3.06. The molecule has 1 aliphatic rings. The number of aromatic nitrogens is 2. The molecule has 1 N–H and O–H groups in total. The van der Waals surface area contributed by atoms with Crippen LogP contribution in [-0.2, 0) is 14.8 Å². The van der Waals surface area contributed by atoms with Gasteiger partial charge in [0.1, 0.15) is 11.6 Å². The molecule has 0 aliphatic carbocycles. The zero-order chi connectivity index (χ0) is 24.2. The third kappa shape index (κ3) is 5.62. The second-order valence-electron chi connectivity index (χ2n) is 8.95. The summed E-state index contributed by atoms with van der Waals surface area (Å²) in [5.74, 6) is 0.693. The Hall–Kier alpha value is -2.72. The molecule has 1 fully saturated rings. The molecule has 10 heteroatoms. The molecule has 1 saturated heterocycles. The number of rotatable bonds is 9. The Kier molecular flexibility index (Phi) is 7.58. The fraction of sp³-hybridized carbons (Fsp3) is 0.522. The number of nitrogens with zero attached hydrogens (tertiary/aromatic N) is 4. The highest BCUT2D eigenvalue weighted by Gasteiger charge is 2.39. The molecule has 2 aromatic rings. The lowest BCUT2D eigenvalue weighted by Gasteiger charge is -2.33. The van der Waals surface area contributed by atoms with Crippen molar-refractivity contribution in [3.05, 3.63) is 42.1 Å². The van der Waals surface area contributed by atoms with E-state index in [1.807, 2.05) is 11.8 Å². The van der Waals surface area contributed by atoms with E-state index >= 15 is 0 Å². The van der Waals surface area contributed by atoms with Crippen molar-refractivity contribution < 1.29 is 17.9 Å². The molecule has 33 heavy (non-hydrogen) atoms. The molecule has 1 atom stereocenters. The number of likely N-dealkylation sites (N-methyl/N-ethyl adjacent to an activating group) is 1. The second kappa shape index (κ2) is 10.0. The van der Waals surface area contributed by atoms with Crippen LogP contribution >= 0.6 is 0 Å². The number of nitrogens with one attached hydrogen (secondary N) is 1. The van der Waals surface area contributed by atoms with Gasteiger partial charge in [0, 0.05) is 38.5 Å². The van der Waals surface area contributed by atoms with Crippen LogP contribution in [-0.4, -0.2) is 63.2 Å². The highest BCUT2D eigenvalue weighted by Crippen LogP contribution is 2.37. The average molecular weight is 476 g/mol. The monoisotopic (exact) mass is 475 g/mol. The molecule has 3 heterocycles. The van der Waals surface area contributed by atoms with Gasteiger partial charge in [-0.05, 0) is 57.4 Å². The maximum Gasteiger partial charge on any atom is 0.281 e. The van der Waals surface area contributed by atoms with Gasteiger partial charge in [-0.3, -0.25) is 4.79 Å². The zero-order valence-corrected chi connectivity index (χ0v) is 20.7. The van der Waals surface area contributed by atoms with E-state index in [0.29, 0.717) is 37.3 Å². The number of anilines is 2. The minimum Gasteiger partial charge on any atom is -0.383 e. The highest BCUT2D eigenvalue weighted by molar-refractivity contribution is 7.90. The Labute approximate surface area is 196 Å². The van der Waals surface area contributed by atoms with Crippen molar-refractivity contribution in [2.45, 2.75) is 44.7 Å². The topological polar surface area (TPSA) is 105 Å². The number of hydrogen-bond acceptors (Lipinski definition) is 8. The molecule has 1 amide bonds. The molecule has 9 nitrogen and oxygen atoms in total. The van der Waals surface area contributed by atoms with Crippen molar-refractivity contribution >= 4 is 27.6 Å². The van der Waals surface area contributed by atoms with Crippen LogP contribution < -0.4 is 14.5 Å². The van der Waals surface area contributed by atoms with Crippen LogP contribution in [0.25, 0.3) is 0 Å².